The summed E-state index contributed by atoms with van der Waals surface area (Å²) in [5.41, 5.74) is 0.580. The number of ether oxygens (including phenoxy) is 2. The molecular weight excluding hydrogens is 288 g/mol. The Morgan fingerprint density at radius 1 is 1.27 bits per heavy atom. The van der Waals surface area contributed by atoms with Gasteiger partial charge < -0.3 is 14.0 Å². The summed E-state index contributed by atoms with van der Waals surface area (Å²) in [5, 5.41) is 11.0. The van der Waals surface area contributed by atoms with Crippen molar-refractivity contribution in [3.63, 3.8) is 0 Å². The van der Waals surface area contributed by atoms with Gasteiger partial charge in [-0.1, -0.05) is 0 Å². The van der Waals surface area contributed by atoms with Crippen molar-refractivity contribution in [3.8, 4) is 11.5 Å². The predicted octanol–water partition coefficient (Wildman–Crippen LogP) is 2.15. The van der Waals surface area contributed by atoms with Crippen LogP contribution in [-0.4, -0.2) is 23.2 Å². The number of hydrogen-bond acceptors (Lipinski definition) is 5. The van der Waals surface area contributed by atoms with E-state index in [1.807, 2.05) is 13.0 Å². The molecule has 0 saturated heterocycles. The number of nitrogens with zero attached hydrogens (tertiary/aromatic N) is 2. The maximum absolute atomic E-state index is 11.7. The first kappa shape index (κ1) is 15.6. The fourth-order valence-corrected chi connectivity index (χ4v) is 1.93. The highest BCUT2D eigenvalue weighted by Crippen LogP contribution is 2.30. The summed E-state index contributed by atoms with van der Waals surface area (Å²) in [5.74, 6) is 0.528. The monoisotopic (exact) mass is 304 g/mol. The number of methoxy groups -OCH3 is 1. The van der Waals surface area contributed by atoms with Gasteiger partial charge >= 0.3 is 5.69 Å². The van der Waals surface area contributed by atoms with Crippen molar-refractivity contribution >= 4 is 5.69 Å². The molecule has 0 radical (unpaired) electrons. The van der Waals surface area contributed by atoms with Crippen LogP contribution in [0.2, 0.25) is 0 Å². The molecule has 22 heavy (non-hydrogen) atoms. The SMILES string of the molecule is COc1ccc(OCCn2ccc(C)cc2=O)c([N+](=O)[O-])c1. The molecule has 1 heterocycles. The lowest BCUT2D eigenvalue weighted by Gasteiger charge is -2.09. The van der Waals surface area contributed by atoms with Crippen LogP contribution in [0.3, 0.4) is 0 Å². The van der Waals surface area contributed by atoms with Crippen LogP contribution >= 0.6 is 0 Å². The largest absolute Gasteiger partial charge is 0.496 e. The van der Waals surface area contributed by atoms with E-state index in [0.717, 1.165) is 5.56 Å². The molecule has 116 valence electrons. The van der Waals surface area contributed by atoms with E-state index >= 15 is 0 Å². The van der Waals surface area contributed by atoms with Crippen molar-refractivity contribution < 1.29 is 14.4 Å². The molecule has 1 aromatic carbocycles. The van der Waals surface area contributed by atoms with Crippen molar-refractivity contribution in [1.82, 2.24) is 4.57 Å². The van der Waals surface area contributed by atoms with E-state index in [1.54, 1.807) is 12.3 Å². The first-order chi connectivity index (χ1) is 10.5. The van der Waals surface area contributed by atoms with Crippen molar-refractivity contribution in [2.75, 3.05) is 13.7 Å². The number of aromatic nitrogens is 1. The second kappa shape index (κ2) is 6.75. The highest BCUT2D eigenvalue weighted by atomic mass is 16.6. The van der Waals surface area contributed by atoms with Gasteiger partial charge in [-0.3, -0.25) is 14.9 Å². The van der Waals surface area contributed by atoms with E-state index in [9.17, 15) is 14.9 Å². The number of hydrogen-bond donors (Lipinski definition) is 0. The molecule has 7 nitrogen and oxygen atoms in total. The average Bonchev–Trinajstić information content (AvgIpc) is 2.49. The fourth-order valence-electron chi connectivity index (χ4n) is 1.93. The van der Waals surface area contributed by atoms with Crippen LogP contribution in [-0.2, 0) is 6.54 Å². The van der Waals surface area contributed by atoms with Gasteiger partial charge in [0.25, 0.3) is 5.56 Å². The molecule has 0 saturated carbocycles. The molecule has 0 aliphatic rings. The molecule has 0 atom stereocenters. The number of pyridine rings is 1. The van der Waals surface area contributed by atoms with Crippen LogP contribution in [0.25, 0.3) is 0 Å². The summed E-state index contributed by atoms with van der Waals surface area (Å²) in [4.78, 5) is 22.2. The average molecular weight is 304 g/mol. The van der Waals surface area contributed by atoms with Gasteiger partial charge in [0.1, 0.15) is 12.4 Å². The topological polar surface area (TPSA) is 83.6 Å². The maximum atomic E-state index is 11.7. The summed E-state index contributed by atoms with van der Waals surface area (Å²) in [6, 6.07) is 7.70. The van der Waals surface area contributed by atoms with Crippen LogP contribution in [0.1, 0.15) is 5.56 Å². The van der Waals surface area contributed by atoms with Gasteiger partial charge in [0.2, 0.25) is 0 Å². The van der Waals surface area contributed by atoms with Gasteiger partial charge in [0, 0.05) is 12.3 Å². The number of nitro groups is 1. The van der Waals surface area contributed by atoms with E-state index in [1.165, 1.54) is 29.9 Å². The van der Waals surface area contributed by atoms with Crippen molar-refractivity contribution in [1.29, 1.82) is 0 Å². The Morgan fingerprint density at radius 2 is 2.05 bits per heavy atom. The summed E-state index contributed by atoms with van der Waals surface area (Å²) >= 11 is 0. The highest BCUT2D eigenvalue weighted by Gasteiger charge is 2.16. The minimum Gasteiger partial charge on any atom is -0.496 e. The zero-order valence-corrected chi connectivity index (χ0v) is 12.3. The fraction of sp³-hybridized carbons (Fsp3) is 0.267. The molecule has 0 aliphatic heterocycles. The van der Waals surface area contributed by atoms with Gasteiger partial charge in [-0.15, -0.1) is 0 Å². The van der Waals surface area contributed by atoms with E-state index in [-0.39, 0.29) is 23.6 Å². The van der Waals surface area contributed by atoms with E-state index < -0.39 is 4.92 Å². The predicted molar refractivity (Wildman–Crippen MR) is 80.6 cm³/mol. The Bertz CT molecular complexity index is 739. The Balaban J connectivity index is 2.08. The minimum absolute atomic E-state index is 0.132. The van der Waals surface area contributed by atoms with Crippen molar-refractivity contribution in [3.05, 3.63) is 62.6 Å². The molecule has 0 fully saturated rings. The lowest BCUT2D eigenvalue weighted by molar-refractivity contribution is -0.385. The van der Waals surface area contributed by atoms with Crippen LogP contribution < -0.4 is 15.0 Å². The van der Waals surface area contributed by atoms with E-state index in [2.05, 4.69) is 0 Å². The quantitative estimate of drug-likeness (QED) is 0.603. The van der Waals surface area contributed by atoms with Gasteiger partial charge in [-0.05, 0) is 30.7 Å². The van der Waals surface area contributed by atoms with E-state index in [4.69, 9.17) is 9.47 Å². The summed E-state index contributed by atoms with van der Waals surface area (Å²) < 4.78 is 11.9. The van der Waals surface area contributed by atoms with Gasteiger partial charge in [0.15, 0.2) is 5.75 Å². The normalized spacial score (nSPS) is 10.3. The molecule has 2 aromatic rings. The Morgan fingerprint density at radius 3 is 2.68 bits per heavy atom. The minimum atomic E-state index is -0.532. The molecule has 0 amide bonds. The second-order valence-electron chi connectivity index (χ2n) is 4.67. The molecule has 1 aromatic heterocycles. The summed E-state index contributed by atoms with van der Waals surface area (Å²) in [6.07, 6.45) is 1.67. The third-order valence-corrected chi connectivity index (χ3v) is 3.10. The summed E-state index contributed by atoms with van der Waals surface area (Å²) in [6.45, 7) is 2.29. The van der Waals surface area contributed by atoms with E-state index in [0.29, 0.717) is 12.3 Å². The standard InChI is InChI=1S/C15H16N2O5/c1-11-5-6-16(15(18)9-11)7-8-22-14-4-3-12(21-2)10-13(14)17(19)20/h3-6,9-10H,7-8H2,1-2H3. The number of nitro benzene ring substituents is 1. The Hall–Kier alpha value is -2.83. The summed E-state index contributed by atoms with van der Waals surface area (Å²) in [7, 11) is 1.43. The third-order valence-electron chi connectivity index (χ3n) is 3.10. The molecule has 7 heteroatoms. The Labute approximate surface area is 126 Å². The van der Waals surface area contributed by atoms with Crippen LogP contribution in [0.5, 0.6) is 11.5 Å². The molecule has 2 rings (SSSR count). The lowest BCUT2D eigenvalue weighted by atomic mass is 10.3. The van der Waals surface area contributed by atoms with Crippen molar-refractivity contribution in [2.24, 2.45) is 0 Å². The smallest absolute Gasteiger partial charge is 0.314 e. The van der Waals surface area contributed by atoms with Gasteiger partial charge in [-0.2, -0.15) is 0 Å². The third kappa shape index (κ3) is 3.63. The Kier molecular flexibility index (Phi) is 4.77. The first-order valence-electron chi connectivity index (χ1n) is 6.63. The lowest BCUT2D eigenvalue weighted by Crippen LogP contribution is -2.22. The first-order valence-corrected chi connectivity index (χ1v) is 6.63. The highest BCUT2D eigenvalue weighted by molar-refractivity contribution is 5.50. The second-order valence-corrected chi connectivity index (χ2v) is 4.67. The van der Waals surface area contributed by atoms with Gasteiger partial charge in [-0.25, -0.2) is 0 Å². The van der Waals surface area contributed by atoms with Crippen LogP contribution in [0.15, 0.2) is 41.3 Å². The molecular formula is C15H16N2O5. The number of benzene rings is 1. The van der Waals surface area contributed by atoms with Crippen LogP contribution in [0, 0.1) is 17.0 Å². The zero-order valence-electron chi connectivity index (χ0n) is 12.3. The molecule has 0 bridgehead atoms. The molecule has 0 spiro atoms. The number of aryl methyl sites for hydroxylation is 1. The molecule has 0 N–H and O–H groups in total. The van der Waals surface area contributed by atoms with Crippen LogP contribution in [0.4, 0.5) is 5.69 Å². The zero-order chi connectivity index (χ0) is 16.1. The molecule has 0 unspecified atom stereocenters. The van der Waals surface area contributed by atoms with Crippen molar-refractivity contribution in [2.45, 2.75) is 13.5 Å². The number of rotatable bonds is 6. The van der Waals surface area contributed by atoms with Gasteiger partial charge in [0.05, 0.1) is 24.6 Å². The molecule has 0 aliphatic carbocycles. The maximum Gasteiger partial charge on any atom is 0.314 e.